The zero-order valence-corrected chi connectivity index (χ0v) is 71.4. The number of nitrogens with zero attached hydrogens (tertiary/aromatic N) is 10. The normalized spacial score (nSPS) is 12.6. The van der Waals surface area contributed by atoms with Crippen LogP contribution in [0.2, 0.25) is 0 Å². The van der Waals surface area contributed by atoms with E-state index in [1.165, 1.54) is 77.0 Å². The number of para-hydroxylation sites is 6. The third-order valence-corrected chi connectivity index (χ3v) is 20.8. The predicted octanol–water partition coefficient (Wildman–Crippen LogP) is 24.8. The first kappa shape index (κ1) is 80.6. The van der Waals surface area contributed by atoms with Crippen molar-refractivity contribution in [3.05, 3.63) is 339 Å². The van der Waals surface area contributed by atoms with Crippen LogP contribution in [0.3, 0.4) is 0 Å². The Labute approximate surface area is 699 Å². The number of rotatable bonds is 8. The summed E-state index contributed by atoms with van der Waals surface area (Å²) in [4.78, 5) is 26.8. The summed E-state index contributed by atoms with van der Waals surface area (Å²) in [5.74, 6) is 1.95. The van der Waals surface area contributed by atoms with Gasteiger partial charge in [0.05, 0.1) is 44.8 Å². The second-order valence-electron chi connectivity index (χ2n) is 33.0. The minimum atomic E-state index is 0. The fraction of sp³-hybridized carbons (Fsp3) is 0.180. The topological polar surface area (TPSA) is 115 Å². The van der Waals surface area contributed by atoms with Gasteiger partial charge in [-0.1, -0.05) is 204 Å². The van der Waals surface area contributed by atoms with Crippen LogP contribution in [0.25, 0.3) is 99.8 Å². The Morgan fingerprint density at radius 1 is 0.333 bits per heavy atom. The summed E-state index contributed by atoms with van der Waals surface area (Å²) >= 11 is 0. The molecule has 2 aliphatic heterocycles. The third kappa shape index (κ3) is 16.7. The molecule has 2 N–H and O–H groups in total. The van der Waals surface area contributed by atoms with Gasteiger partial charge >= 0.3 is 42.1 Å². The Morgan fingerprint density at radius 3 is 1.01 bits per heavy atom. The number of aromatic hydroxyl groups is 2. The van der Waals surface area contributed by atoms with Gasteiger partial charge in [-0.2, -0.15) is 74.0 Å². The van der Waals surface area contributed by atoms with E-state index in [2.05, 4.69) is 355 Å². The zero-order chi connectivity index (χ0) is 78.4. The van der Waals surface area contributed by atoms with E-state index in [0.717, 1.165) is 79.4 Å². The number of pyridine rings is 4. The van der Waals surface area contributed by atoms with E-state index in [0.29, 0.717) is 0 Å². The molecule has 0 bridgehead atoms. The molecule has 10 aromatic carbocycles. The molecule has 18 rings (SSSR count). The molecule has 0 atom stereocenters. The largest absolute Gasteiger partial charge is 2.00 e. The molecule has 0 saturated heterocycles. The van der Waals surface area contributed by atoms with Gasteiger partial charge in [0, 0.05) is 79.7 Å². The van der Waals surface area contributed by atoms with Crippen LogP contribution in [0.15, 0.2) is 291 Å². The molecule has 6 aromatic heterocycles. The van der Waals surface area contributed by atoms with E-state index < -0.39 is 0 Å². The van der Waals surface area contributed by atoms with E-state index in [1.807, 2.05) is 85.2 Å². The molecule has 16 aromatic rings. The Bertz CT molecular complexity index is 5660. The van der Waals surface area contributed by atoms with E-state index in [-0.39, 0.29) is 75.6 Å². The third-order valence-electron chi connectivity index (χ3n) is 20.8. The first-order valence-corrected chi connectivity index (χ1v) is 38.2. The van der Waals surface area contributed by atoms with Crippen LogP contribution < -0.4 is 19.6 Å². The van der Waals surface area contributed by atoms with Gasteiger partial charge in [0.1, 0.15) is 11.6 Å². The van der Waals surface area contributed by atoms with Crippen LogP contribution in [0.1, 0.15) is 105 Å². The van der Waals surface area contributed by atoms with Gasteiger partial charge in [-0.05, 0) is 166 Å². The quantitative estimate of drug-likeness (QED) is 0.143. The average molecular weight is 1860 g/mol. The summed E-state index contributed by atoms with van der Waals surface area (Å²) in [5, 5.41) is 24.2. The molecule has 0 fully saturated rings. The van der Waals surface area contributed by atoms with Gasteiger partial charge in [-0.15, -0.1) is 11.4 Å². The molecule has 0 aliphatic carbocycles. The van der Waals surface area contributed by atoms with Crippen LogP contribution in [0, 0.1) is 25.5 Å². The van der Waals surface area contributed by atoms with Gasteiger partial charge in [0.25, 0.3) is 0 Å². The van der Waals surface area contributed by atoms with Crippen molar-refractivity contribution in [3.63, 3.8) is 0 Å². The molecule has 8 heterocycles. The average Bonchev–Trinajstić information content (AvgIpc) is 1.58. The van der Waals surface area contributed by atoms with Crippen molar-refractivity contribution in [2.24, 2.45) is 0 Å². The van der Waals surface area contributed by atoms with Crippen LogP contribution in [0.5, 0.6) is 11.8 Å². The fourth-order valence-corrected chi connectivity index (χ4v) is 14.8. The molecule has 14 heteroatoms. The molecule has 2 aliphatic rings. The molecule has 114 heavy (non-hydrogen) atoms. The first-order chi connectivity index (χ1) is 53.7. The first-order valence-electron chi connectivity index (χ1n) is 38.2. The summed E-state index contributed by atoms with van der Waals surface area (Å²) in [6.07, 6.45) is 3.98. The maximum atomic E-state index is 9.62. The Hall–Kier alpha value is -11.4. The van der Waals surface area contributed by atoms with Crippen molar-refractivity contribution in [3.8, 4) is 67.9 Å². The fourth-order valence-electron chi connectivity index (χ4n) is 14.8. The monoisotopic (exact) mass is 1860 g/mol. The van der Waals surface area contributed by atoms with E-state index in [4.69, 9.17) is 9.97 Å². The van der Waals surface area contributed by atoms with Crippen molar-refractivity contribution in [1.29, 1.82) is 0 Å². The minimum Gasteiger partial charge on any atom is -0.502 e. The summed E-state index contributed by atoms with van der Waals surface area (Å²) in [6.45, 7) is 30.7. The van der Waals surface area contributed by atoms with Gasteiger partial charge in [-0.3, -0.25) is 0 Å². The summed E-state index contributed by atoms with van der Waals surface area (Å²) in [7, 11) is 4.13. The van der Waals surface area contributed by atoms with E-state index in [9.17, 15) is 10.2 Å². The summed E-state index contributed by atoms with van der Waals surface area (Å²) in [6, 6.07) is 103. The van der Waals surface area contributed by atoms with Crippen molar-refractivity contribution in [2.45, 2.75) is 105 Å². The Morgan fingerprint density at radius 2 is 0.667 bits per heavy atom. The van der Waals surface area contributed by atoms with Gasteiger partial charge in [-0.25, -0.2) is 19.9 Å². The van der Waals surface area contributed by atoms with Crippen molar-refractivity contribution in [2.75, 3.05) is 33.7 Å². The van der Waals surface area contributed by atoms with E-state index in [1.54, 1.807) is 12.1 Å². The molecular formula is C100H94N10O2Pt2. The molecule has 0 unspecified atom stereocenters. The predicted molar refractivity (Wildman–Crippen MR) is 466 cm³/mol. The van der Waals surface area contributed by atoms with Crippen LogP contribution in [-0.4, -0.2) is 53.4 Å². The number of hydrogen-bond acceptors (Lipinski definition) is 10. The molecule has 0 saturated carbocycles. The van der Waals surface area contributed by atoms with E-state index >= 15 is 0 Å². The second-order valence-corrected chi connectivity index (χ2v) is 33.0. The minimum absolute atomic E-state index is 0. The number of anilines is 6. The maximum absolute atomic E-state index is 9.62. The second kappa shape index (κ2) is 33.0. The number of aromatic nitrogens is 6. The van der Waals surface area contributed by atoms with Crippen molar-refractivity contribution < 1.29 is 52.3 Å². The molecule has 0 amide bonds. The zero-order valence-electron chi connectivity index (χ0n) is 66.9. The van der Waals surface area contributed by atoms with Gasteiger partial charge < -0.3 is 38.9 Å². The summed E-state index contributed by atoms with van der Waals surface area (Å²) in [5.41, 5.74) is 25.0. The number of hydrogen-bond donors (Lipinski definition) is 2. The van der Waals surface area contributed by atoms with Gasteiger partial charge in [0.15, 0.2) is 0 Å². The Balaban J connectivity index is 0.000000136. The maximum Gasteiger partial charge on any atom is 2.00 e. The van der Waals surface area contributed by atoms with Crippen LogP contribution in [0.4, 0.5) is 34.4 Å². The molecular weight excluding hydrogens is 1760 g/mol. The molecule has 0 radical (unpaired) electrons. The smallest absolute Gasteiger partial charge is 0.502 e. The Kier molecular flexibility index (Phi) is 23.3. The van der Waals surface area contributed by atoms with Crippen LogP contribution >= 0.6 is 0 Å². The molecule has 12 nitrogen and oxygen atoms in total. The molecule has 0 spiro atoms. The number of benzene rings is 10. The van der Waals surface area contributed by atoms with Crippen molar-refractivity contribution in [1.82, 2.24) is 29.1 Å². The van der Waals surface area contributed by atoms with Gasteiger partial charge in [0.2, 0.25) is 11.8 Å². The van der Waals surface area contributed by atoms with Crippen molar-refractivity contribution >= 4 is 78.0 Å². The standard InChI is InChI=1S/2C31H22N4.2C19H25NO.2Pt/c2*1-33-21-34(23-11-4-2-5-12-23)31-29(33)19-22(20-32-31)25-16-10-18-28-30(25)26-15-8-9-17-27(26)35(28)24-13-6-3-7-14-24;2*1-18(2,3)14-10-13(11-15(12-14)19(4,5)6)16-8-7-9-17(21)20-16;;/h2*2-11,13-21H,1H3;2*7-12H,1-6H3,(H,20,21);;/q2*-2;;;2*+2. The number of fused-ring (bicyclic) bond motifs is 8. The molecule has 576 valence electrons. The summed E-state index contributed by atoms with van der Waals surface area (Å²) < 4.78 is 4.70. The SMILES string of the molecule is CC(C)(C)c1cc(-c2cccc(O)n2)cc(C(C)(C)C)c1.CC(C)(C)c1cc(-c2cccc(O)n2)cc(C(C)(C)C)c1.CN1[CH-]N(c2[c-]cccc2)c2ncc(-c3cccc4c3c3ccccc3n4-c3ccccc3)cc21.CN1[CH-]N(c2[c-]cccc2)c2ncc(-c3cccc4c3c3ccccc3n4-c3ccccc3)cc21.[Pt+2].[Pt+2]. The van der Waals surface area contributed by atoms with Crippen LogP contribution in [-0.2, 0) is 63.8 Å².